The van der Waals surface area contributed by atoms with Gasteiger partial charge in [0.05, 0.1) is 11.3 Å². The number of hydrogen-bond donors (Lipinski definition) is 0. The van der Waals surface area contributed by atoms with E-state index in [1.165, 1.54) is 11.1 Å². The maximum atomic E-state index is 8.88. The zero-order chi connectivity index (χ0) is 13.2. The maximum Gasteiger partial charge on any atom is 0.137 e. The number of hydrogen-bond acceptors (Lipinski definition) is 2. The molecule has 0 aliphatic heterocycles. The van der Waals surface area contributed by atoms with Crippen molar-refractivity contribution in [2.24, 2.45) is 0 Å². The maximum absolute atomic E-state index is 8.88. The standard InChI is InChI=1S/C16H13N3/c1-12-2-4-13(5-3-12)8-15-11-19-10-14(9-17)6-7-16(19)18-15/h2-7,10-11H,8H2,1H3. The molecule has 19 heavy (non-hydrogen) atoms. The van der Waals surface area contributed by atoms with Crippen molar-refractivity contribution < 1.29 is 0 Å². The molecule has 3 aromatic rings. The largest absolute Gasteiger partial charge is 0.305 e. The van der Waals surface area contributed by atoms with Gasteiger partial charge in [-0.15, -0.1) is 0 Å². The van der Waals surface area contributed by atoms with Crippen LogP contribution in [-0.4, -0.2) is 9.38 Å². The van der Waals surface area contributed by atoms with E-state index in [9.17, 15) is 0 Å². The third-order valence-electron chi connectivity index (χ3n) is 3.14. The molecule has 3 nitrogen and oxygen atoms in total. The highest BCUT2D eigenvalue weighted by Gasteiger charge is 2.03. The van der Waals surface area contributed by atoms with Crippen LogP contribution in [0, 0.1) is 18.3 Å². The van der Waals surface area contributed by atoms with Crippen LogP contribution in [0.15, 0.2) is 48.8 Å². The molecule has 3 rings (SSSR count). The Morgan fingerprint density at radius 2 is 1.89 bits per heavy atom. The number of aromatic nitrogens is 2. The normalized spacial score (nSPS) is 10.5. The van der Waals surface area contributed by atoms with Gasteiger partial charge in [0.25, 0.3) is 0 Å². The Labute approximate surface area is 111 Å². The Kier molecular flexibility index (Phi) is 2.77. The molecule has 0 atom stereocenters. The molecule has 0 spiro atoms. The van der Waals surface area contributed by atoms with Crippen molar-refractivity contribution in [3.05, 3.63) is 71.2 Å². The number of aryl methyl sites for hydroxylation is 1. The van der Waals surface area contributed by atoms with Crippen LogP contribution in [-0.2, 0) is 6.42 Å². The van der Waals surface area contributed by atoms with Gasteiger partial charge in [0.1, 0.15) is 11.7 Å². The predicted octanol–water partition coefficient (Wildman–Crippen LogP) is 3.11. The van der Waals surface area contributed by atoms with Crippen LogP contribution < -0.4 is 0 Å². The van der Waals surface area contributed by atoms with Crippen molar-refractivity contribution in [3.8, 4) is 6.07 Å². The SMILES string of the molecule is Cc1ccc(Cc2cn3cc(C#N)ccc3n2)cc1. The molecular formula is C16H13N3. The van der Waals surface area contributed by atoms with E-state index in [0.717, 1.165) is 17.8 Å². The Hall–Kier alpha value is -2.60. The molecule has 0 saturated carbocycles. The van der Waals surface area contributed by atoms with E-state index in [-0.39, 0.29) is 0 Å². The highest BCUT2D eigenvalue weighted by molar-refractivity contribution is 5.44. The summed E-state index contributed by atoms with van der Waals surface area (Å²) in [6.07, 6.45) is 4.60. The minimum Gasteiger partial charge on any atom is -0.305 e. The fourth-order valence-corrected chi connectivity index (χ4v) is 2.11. The van der Waals surface area contributed by atoms with E-state index in [1.54, 1.807) is 12.3 Å². The number of pyridine rings is 1. The minimum absolute atomic E-state index is 0.645. The highest BCUT2D eigenvalue weighted by atomic mass is 15.0. The van der Waals surface area contributed by atoms with Crippen molar-refractivity contribution in [2.45, 2.75) is 13.3 Å². The lowest BCUT2D eigenvalue weighted by atomic mass is 10.1. The number of fused-ring (bicyclic) bond motifs is 1. The fourth-order valence-electron chi connectivity index (χ4n) is 2.11. The van der Waals surface area contributed by atoms with Crippen molar-refractivity contribution in [3.63, 3.8) is 0 Å². The third-order valence-corrected chi connectivity index (χ3v) is 3.14. The number of nitriles is 1. The summed E-state index contributed by atoms with van der Waals surface area (Å²) in [6, 6.07) is 14.3. The molecule has 0 fully saturated rings. The van der Waals surface area contributed by atoms with E-state index in [1.807, 2.05) is 16.7 Å². The Morgan fingerprint density at radius 3 is 2.63 bits per heavy atom. The Bertz CT molecular complexity index is 761. The van der Waals surface area contributed by atoms with Crippen molar-refractivity contribution in [2.75, 3.05) is 0 Å². The molecule has 0 bridgehead atoms. The second-order valence-corrected chi connectivity index (χ2v) is 4.69. The van der Waals surface area contributed by atoms with Gasteiger partial charge in [-0.3, -0.25) is 0 Å². The number of imidazole rings is 1. The Balaban J connectivity index is 1.93. The first-order valence-electron chi connectivity index (χ1n) is 6.18. The molecule has 2 aromatic heterocycles. The number of nitrogens with zero attached hydrogens (tertiary/aromatic N) is 3. The van der Waals surface area contributed by atoms with Gasteiger partial charge in [0, 0.05) is 18.8 Å². The zero-order valence-electron chi connectivity index (χ0n) is 10.7. The van der Waals surface area contributed by atoms with Gasteiger partial charge in [-0.05, 0) is 24.6 Å². The molecular weight excluding hydrogens is 234 g/mol. The highest BCUT2D eigenvalue weighted by Crippen LogP contribution is 2.12. The summed E-state index contributed by atoms with van der Waals surface area (Å²) in [5.41, 5.74) is 5.04. The first kappa shape index (κ1) is 11.5. The fraction of sp³-hybridized carbons (Fsp3) is 0.125. The van der Waals surface area contributed by atoms with Gasteiger partial charge in [0.2, 0.25) is 0 Å². The van der Waals surface area contributed by atoms with E-state index in [0.29, 0.717) is 5.56 Å². The first-order chi connectivity index (χ1) is 9.24. The van der Waals surface area contributed by atoms with Gasteiger partial charge in [-0.1, -0.05) is 29.8 Å². The van der Waals surface area contributed by atoms with E-state index in [4.69, 9.17) is 5.26 Å². The van der Waals surface area contributed by atoms with Crippen molar-refractivity contribution >= 4 is 5.65 Å². The lowest BCUT2D eigenvalue weighted by Crippen LogP contribution is -1.87. The molecule has 3 heteroatoms. The van der Waals surface area contributed by atoms with E-state index in [2.05, 4.69) is 42.2 Å². The summed E-state index contributed by atoms with van der Waals surface area (Å²) in [5.74, 6) is 0. The second kappa shape index (κ2) is 4.58. The topological polar surface area (TPSA) is 41.1 Å². The van der Waals surface area contributed by atoms with Crippen LogP contribution in [0.3, 0.4) is 0 Å². The molecule has 0 aliphatic carbocycles. The van der Waals surface area contributed by atoms with Crippen molar-refractivity contribution in [1.82, 2.24) is 9.38 Å². The van der Waals surface area contributed by atoms with Crippen molar-refractivity contribution in [1.29, 1.82) is 5.26 Å². The molecule has 0 amide bonds. The molecule has 0 aliphatic rings. The molecule has 0 saturated heterocycles. The zero-order valence-corrected chi connectivity index (χ0v) is 10.7. The lowest BCUT2D eigenvalue weighted by Gasteiger charge is -1.98. The molecule has 0 unspecified atom stereocenters. The van der Waals surface area contributed by atoms with Crippen LogP contribution in [0.2, 0.25) is 0 Å². The third kappa shape index (κ3) is 2.34. The van der Waals surface area contributed by atoms with Gasteiger partial charge in [-0.2, -0.15) is 5.26 Å². The number of benzene rings is 1. The van der Waals surface area contributed by atoms with E-state index < -0.39 is 0 Å². The average molecular weight is 247 g/mol. The quantitative estimate of drug-likeness (QED) is 0.698. The first-order valence-corrected chi connectivity index (χ1v) is 6.18. The molecule has 0 N–H and O–H groups in total. The molecule has 92 valence electrons. The monoisotopic (exact) mass is 247 g/mol. The van der Waals surface area contributed by atoms with Gasteiger partial charge in [0.15, 0.2) is 0 Å². The second-order valence-electron chi connectivity index (χ2n) is 4.69. The van der Waals surface area contributed by atoms with Gasteiger partial charge in [-0.25, -0.2) is 4.98 Å². The summed E-state index contributed by atoms with van der Waals surface area (Å²) >= 11 is 0. The van der Waals surface area contributed by atoms with Crippen LogP contribution in [0.4, 0.5) is 0 Å². The summed E-state index contributed by atoms with van der Waals surface area (Å²) in [6.45, 7) is 2.08. The average Bonchev–Trinajstić information content (AvgIpc) is 2.82. The smallest absolute Gasteiger partial charge is 0.137 e. The van der Waals surface area contributed by atoms with Gasteiger partial charge >= 0.3 is 0 Å². The van der Waals surface area contributed by atoms with Gasteiger partial charge < -0.3 is 4.40 Å². The van der Waals surface area contributed by atoms with Crippen LogP contribution in [0.25, 0.3) is 5.65 Å². The van der Waals surface area contributed by atoms with Crippen LogP contribution >= 0.6 is 0 Å². The number of rotatable bonds is 2. The molecule has 2 heterocycles. The predicted molar refractivity (Wildman–Crippen MR) is 73.9 cm³/mol. The van der Waals surface area contributed by atoms with Crippen LogP contribution in [0.1, 0.15) is 22.4 Å². The van der Waals surface area contributed by atoms with E-state index >= 15 is 0 Å². The summed E-state index contributed by atoms with van der Waals surface area (Å²) in [5, 5.41) is 8.88. The summed E-state index contributed by atoms with van der Waals surface area (Å²) in [4.78, 5) is 4.56. The molecule has 0 radical (unpaired) electrons. The van der Waals surface area contributed by atoms with Crippen LogP contribution in [0.5, 0.6) is 0 Å². The minimum atomic E-state index is 0.645. The summed E-state index contributed by atoms with van der Waals surface area (Å²) in [7, 11) is 0. The Morgan fingerprint density at radius 1 is 1.11 bits per heavy atom. The molecule has 1 aromatic carbocycles. The summed E-state index contributed by atoms with van der Waals surface area (Å²) < 4.78 is 1.90. The lowest BCUT2D eigenvalue weighted by molar-refractivity contribution is 1.11.